The molecule has 0 saturated heterocycles. The van der Waals surface area contributed by atoms with Crippen LogP contribution in [0.1, 0.15) is 20.8 Å². The molecule has 0 aromatic rings. The van der Waals surface area contributed by atoms with Crippen LogP contribution in [-0.4, -0.2) is 32.8 Å². The van der Waals surface area contributed by atoms with Crippen molar-refractivity contribution < 1.29 is 9.53 Å². The quantitative estimate of drug-likeness (QED) is 0.676. The Morgan fingerprint density at radius 3 is 2.46 bits per heavy atom. The van der Waals surface area contributed by atoms with Gasteiger partial charge < -0.3 is 15.4 Å². The maximum absolute atomic E-state index is 10.9. The third-order valence-corrected chi connectivity index (χ3v) is 1.64. The Labute approximate surface area is 80.0 Å². The normalized spacial score (nSPS) is 11.1. The van der Waals surface area contributed by atoms with Crippen molar-refractivity contribution >= 4 is 6.09 Å². The molecule has 78 valence electrons. The summed E-state index contributed by atoms with van der Waals surface area (Å²) in [6, 6.07) is 0. The molecule has 0 aromatic heterocycles. The van der Waals surface area contributed by atoms with Crippen LogP contribution in [-0.2, 0) is 4.74 Å². The van der Waals surface area contributed by atoms with E-state index in [1.165, 1.54) is 0 Å². The van der Waals surface area contributed by atoms with Gasteiger partial charge in [-0.25, -0.2) is 4.79 Å². The van der Waals surface area contributed by atoms with E-state index in [1.54, 1.807) is 6.92 Å². The van der Waals surface area contributed by atoms with Gasteiger partial charge in [0.1, 0.15) is 0 Å². The van der Waals surface area contributed by atoms with Gasteiger partial charge in [-0.1, -0.05) is 13.8 Å². The minimum Gasteiger partial charge on any atom is -0.450 e. The van der Waals surface area contributed by atoms with Crippen molar-refractivity contribution in [2.75, 3.05) is 26.7 Å². The van der Waals surface area contributed by atoms with Gasteiger partial charge in [0, 0.05) is 13.1 Å². The first-order chi connectivity index (χ1) is 6.02. The summed E-state index contributed by atoms with van der Waals surface area (Å²) in [5.74, 6) is 0. The standard InChI is InChI=1S/C9H20N2O2/c1-5-13-8(12)11-7-9(2,3)6-10-4/h10H,5-7H2,1-4H3,(H,11,12). The van der Waals surface area contributed by atoms with Crippen molar-refractivity contribution in [2.24, 2.45) is 5.41 Å². The lowest BCUT2D eigenvalue weighted by Gasteiger charge is -2.24. The zero-order chi connectivity index (χ0) is 10.3. The largest absolute Gasteiger partial charge is 0.450 e. The molecular formula is C9H20N2O2. The van der Waals surface area contributed by atoms with E-state index in [9.17, 15) is 4.79 Å². The number of amides is 1. The van der Waals surface area contributed by atoms with E-state index in [0.717, 1.165) is 6.54 Å². The highest BCUT2D eigenvalue weighted by atomic mass is 16.5. The van der Waals surface area contributed by atoms with Crippen LogP contribution in [0.5, 0.6) is 0 Å². The molecule has 4 nitrogen and oxygen atoms in total. The number of nitrogens with one attached hydrogen (secondary N) is 2. The van der Waals surface area contributed by atoms with Crippen molar-refractivity contribution in [3.63, 3.8) is 0 Å². The van der Waals surface area contributed by atoms with Crippen molar-refractivity contribution in [1.82, 2.24) is 10.6 Å². The predicted octanol–water partition coefficient (Wildman–Crippen LogP) is 0.978. The summed E-state index contributed by atoms with van der Waals surface area (Å²) in [7, 11) is 1.89. The molecule has 4 heteroatoms. The second-order valence-electron chi connectivity index (χ2n) is 3.77. The second-order valence-corrected chi connectivity index (χ2v) is 3.77. The van der Waals surface area contributed by atoms with Gasteiger partial charge in [-0.05, 0) is 19.4 Å². The summed E-state index contributed by atoms with van der Waals surface area (Å²) in [5.41, 5.74) is 0.0571. The predicted molar refractivity (Wildman–Crippen MR) is 52.7 cm³/mol. The lowest BCUT2D eigenvalue weighted by molar-refractivity contribution is 0.147. The zero-order valence-electron chi connectivity index (χ0n) is 8.94. The molecule has 0 bridgehead atoms. The van der Waals surface area contributed by atoms with Crippen LogP contribution in [0.25, 0.3) is 0 Å². The Morgan fingerprint density at radius 1 is 1.38 bits per heavy atom. The molecule has 0 aliphatic heterocycles. The monoisotopic (exact) mass is 188 g/mol. The van der Waals surface area contributed by atoms with E-state index in [0.29, 0.717) is 13.2 Å². The van der Waals surface area contributed by atoms with Crippen LogP contribution in [0.15, 0.2) is 0 Å². The molecule has 0 radical (unpaired) electrons. The lowest BCUT2D eigenvalue weighted by atomic mass is 9.94. The van der Waals surface area contributed by atoms with Crippen LogP contribution >= 0.6 is 0 Å². The average molecular weight is 188 g/mol. The number of hydrogen-bond donors (Lipinski definition) is 2. The molecule has 0 aliphatic carbocycles. The molecule has 0 heterocycles. The Bertz CT molecular complexity index is 158. The van der Waals surface area contributed by atoms with Crippen molar-refractivity contribution in [3.05, 3.63) is 0 Å². The fourth-order valence-corrected chi connectivity index (χ4v) is 1.03. The van der Waals surface area contributed by atoms with Gasteiger partial charge in [0.05, 0.1) is 6.61 Å². The van der Waals surface area contributed by atoms with E-state index in [4.69, 9.17) is 4.74 Å². The average Bonchev–Trinajstić information content (AvgIpc) is 2.02. The molecule has 0 saturated carbocycles. The molecule has 13 heavy (non-hydrogen) atoms. The second kappa shape index (κ2) is 5.80. The summed E-state index contributed by atoms with van der Waals surface area (Å²) in [6.07, 6.45) is -0.341. The highest BCUT2D eigenvalue weighted by molar-refractivity contribution is 5.67. The number of rotatable bonds is 5. The van der Waals surface area contributed by atoms with Gasteiger partial charge in [0.15, 0.2) is 0 Å². The van der Waals surface area contributed by atoms with Gasteiger partial charge >= 0.3 is 6.09 Å². The van der Waals surface area contributed by atoms with E-state index in [2.05, 4.69) is 24.5 Å². The van der Waals surface area contributed by atoms with E-state index >= 15 is 0 Å². The SMILES string of the molecule is CCOC(=O)NCC(C)(C)CNC. The lowest BCUT2D eigenvalue weighted by Crippen LogP contribution is -2.39. The first-order valence-corrected chi connectivity index (χ1v) is 4.57. The topological polar surface area (TPSA) is 50.4 Å². The van der Waals surface area contributed by atoms with E-state index < -0.39 is 0 Å². The van der Waals surface area contributed by atoms with Crippen LogP contribution < -0.4 is 10.6 Å². The number of carbonyl (C=O) groups is 1. The molecule has 0 fully saturated rings. The first kappa shape index (κ1) is 12.2. The van der Waals surface area contributed by atoms with Gasteiger partial charge in [-0.3, -0.25) is 0 Å². The highest BCUT2D eigenvalue weighted by Gasteiger charge is 2.17. The van der Waals surface area contributed by atoms with Crippen LogP contribution in [0.4, 0.5) is 4.79 Å². The van der Waals surface area contributed by atoms with E-state index in [-0.39, 0.29) is 11.5 Å². The molecule has 0 aromatic carbocycles. The van der Waals surface area contributed by atoms with Crippen LogP contribution in [0.2, 0.25) is 0 Å². The van der Waals surface area contributed by atoms with Crippen molar-refractivity contribution in [1.29, 1.82) is 0 Å². The Morgan fingerprint density at radius 2 is 2.00 bits per heavy atom. The smallest absolute Gasteiger partial charge is 0.407 e. The minimum absolute atomic E-state index is 0.0571. The molecule has 0 unspecified atom stereocenters. The van der Waals surface area contributed by atoms with Gasteiger partial charge in [-0.2, -0.15) is 0 Å². The zero-order valence-corrected chi connectivity index (χ0v) is 8.94. The summed E-state index contributed by atoms with van der Waals surface area (Å²) in [4.78, 5) is 10.9. The minimum atomic E-state index is -0.341. The molecule has 2 N–H and O–H groups in total. The summed E-state index contributed by atoms with van der Waals surface area (Å²) in [5, 5.41) is 5.78. The molecule has 0 atom stereocenters. The fourth-order valence-electron chi connectivity index (χ4n) is 1.03. The molecule has 0 rings (SSSR count). The Hall–Kier alpha value is -0.770. The highest BCUT2D eigenvalue weighted by Crippen LogP contribution is 2.10. The Balaban J connectivity index is 3.67. The van der Waals surface area contributed by atoms with Gasteiger partial charge in [0.25, 0.3) is 0 Å². The number of carbonyl (C=O) groups excluding carboxylic acids is 1. The fraction of sp³-hybridized carbons (Fsp3) is 0.889. The molecule has 0 spiro atoms. The summed E-state index contributed by atoms with van der Waals surface area (Å²) < 4.78 is 4.74. The van der Waals surface area contributed by atoms with Gasteiger partial charge in [-0.15, -0.1) is 0 Å². The number of ether oxygens (including phenoxy) is 1. The first-order valence-electron chi connectivity index (χ1n) is 4.57. The number of hydrogen-bond acceptors (Lipinski definition) is 3. The summed E-state index contributed by atoms with van der Waals surface area (Å²) in [6.45, 7) is 7.84. The van der Waals surface area contributed by atoms with E-state index in [1.807, 2.05) is 7.05 Å². The maximum Gasteiger partial charge on any atom is 0.407 e. The molecule has 0 aliphatic rings. The number of alkyl carbamates (subject to hydrolysis) is 1. The van der Waals surface area contributed by atoms with Gasteiger partial charge in [0.2, 0.25) is 0 Å². The van der Waals surface area contributed by atoms with Crippen molar-refractivity contribution in [3.8, 4) is 0 Å². The van der Waals surface area contributed by atoms with Crippen LogP contribution in [0.3, 0.4) is 0 Å². The third-order valence-electron chi connectivity index (χ3n) is 1.64. The Kier molecular flexibility index (Phi) is 5.46. The van der Waals surface area contributed by atoms with Crippen molar-refractivity contribution in [2.45, 2.75) is 20.8 Å². The summed E-state index contributed by atoms with van der Waals surface area (Å²) >= 11 is 0. The third kappa shape index (κ3) is 6.40. The van der Waals surface area contributed by atoms with Crippen LogP contribution in [0, 0.1) is 5.41 Å². The molecular weight excluding hydrogens is 168 g/mol. The molecule has 1 amide bonds. The maximum atomic E-state index is 10.9.